The number of fused-ring (bicyclic) bond motifs is 1. The van der Waals surface area contributed by atoms with Gasteiger partial charge in [0.1, 0.15) is 6.54 Å². The number of likely N-dealkylation sites (tertiary alicyclic amines) is 1. The molecule has 1 fully saturated rings. The zero-order valence-corrected chi connectivity index (χ0v) is 28.8. The number of nitrogens with zero attached hydrogens (tertiary/aromatic N) is 3. The standard InChI is InChI=1S/C41H40F5N3O3/c1-52-23-22-47-20-18-31(19-21-47)49(26-28-14-17-33(29-8-3-2-4-9-29)35(24-28)41(44,45)46)39(51)27-48-32(16-15-30-10-7-12-36(42)40(30)43)25-38(50)34-11-5-6-13-37(34)48/h2-14,17,24-25,31H,15-16,18-23,26-27H2,1H3. The average Bonchev–Trinajstić information content (AvgIpc) is 3.15. The molecule has 0 N–H and O–H groups in total. The van der Waals surface area contributed by atoms with Crippen LogP contribution in [0.5, 0.6) is 0 Å². The van der Waals surface area contributed by atoms with Gasteiger partial charge in [-0.05, 0) is 72.2 Å². The van der Waals surface area contributed by atoms with Gasteiger partial charge in [-0.2, -0.15) is 13.2 Å². The lowest BCUT2D eigenvalue weighted by molar-refractivity contribution is -0.137. The number of rotatable bonds is 12. The Morgan fingerprint density at radius 3 is 2.35 bits per heavy atom. The fraction of sp³-hybridized carbons (Fsp3) is 0.317. The Labute approximate surface area is 299 Å². The highest BCUT2D eigenvalue weighted by Crippen LogP contribution is 2.38. The molecule has 0 bridgehead atoms. The summed E-state index contributed by atoms with van der Waals surface area (Å²) >= 11 is 0. The van der Waals surface area contributed by atoms with Crippen LogP contribution in [0.25, 0.3) is 22.0 Å². The van der Waals surface area contributed by atoms with Gasteiger partial charge in [0.05, 0.1) is 17.7 Å². The lowest BCUT2D eigenvalue weighted by atomic mass is 9.96. The van der Waals surface area contributed by atoms with Gasteiger partial charge >= 0.3 is 6.18 Å². The largest absolute Gasteiger partial charge is 0.417 e. The van der Waals surface area contributed by atoms with Crippen molar-refractivity contribution in [1.82, 2.24) is 14.4 Å². The molecule has 0 saturated carbocycles. The average molecular weight is 718 g/mol. The van der Waals surface area contributed by atoms with Crippen LogP contribution >= 0.6 is 0 Å². The summed E-state index contributed by atoms with van der Waals surface area (Å²) in [5, 5.41) is 0.389. The van der Waals surface area contributed by atoms with E-state index in [1.165, 1.54) is 24.3 Å². The van der Waals surface area contributed by atoms with Crippen molar-refractivity contribution in [2.24, 2.45) is 0 Å². The number of amides is 1. The highest BCUT2D eigenvalue weighted by atomic mass is 19.4. The molecule has 2 heterocycles. The lowest BCUT2D eigenvalue weighted by Crippen LogP contribution is -2.48. The van der Waals surface area contributed by atoms with E-state index in [1.807, 2.05) is 0 Å². The fourth-order valence-corrected chi connectivity index (χ4v) is 7.09. The summed E-state index contributed by atoms with van der Waals surface area (Å²) < 4.78 is 79.0. The second-order valence-electron chi connectivity index (χ2n) is 13.1. The van der Waals surface area contributed by atoms with Gasteiger partial charge in [0.25, 0.3) is 0 Å². The molecule has 0 radical (unpaired) electrons. The maximum atomic E-state index is 14.6. The first-order valence-electron chi connectivity index (χ1n) is 17.3. The maximum absolute atomic E-state index is 14.6. The van der Waals surface area contributed by atoms with Crippen LogP contribution in [0.4, 0.5) is 22.0 Å². The van der Waals surface area contributed by atoms with E-state index in [0.29, 0.717) is 60.3 Å². The molecule has 11 heteroatoms. The SMILES string of the molecule is COCCN1CCC(N(Cc2ccc(-c3ccccc3)c(C(F)(F)F)c2)C(=O)Cn2c(CCc3cccc(F)c3F)cc(=O)c3ccccc32)CC1. The van der Waals surface area contributed by atoms with Crippen molar-refractivity contribution in [1.29, 1.82) is 0 Å². The van der Waals surface area contributed by atoms with Gasteiger partial charge < -0.3 is 19.1 Å². The van der Waals surface area contributed by atoms with Crippen LogP contribution in [0.2, 0.25) is 0 Å². The quantitative estimate of drug-likeness (QED) is 0.123. The number of carbonyl (C=O) groups is 1. The Balaban J connectivity index is 1.35. The van der Waals surface area contributed by atoms with E-state index in [1.54, 1.807) is 77.2 Å². The summed E-state index contributed by atoms with van der Waals surface area (Å²) in [7, 11) is 1.63. The van der Waals surface area contributed by atoms with Crippen LogP contribution in [0.1, 0.15) is 35.2 Å². The molecule has 1 amide bonds. The van der Waals surface area contributed by atoms with E-state index in [-0.39, 0.29) is 54.4 Å². The number of piperidine rings is 1. The molecule has 4 aromatic carbocycles. The van der Waals surface area contributed by atoms with E-state index in [0.717, 1.165) is 18.7 Å². The number of para-hydroxylation sites is 1. The predicted molar refractivity (Wildman–Crippen MR) is 191 cm³/mol. The van der Waals surface area contributed by atoms with Crippen LogP contribution in [-0.2, 0) is 41.6 Å². The summed E-state index contributed by atoms with van der Waals surface area (Å²) in [4.78, 5) is 31.6. The highest BCUT2D eigenvalue weighted by molar-refractivity contribution is 5.83. The number of alkyl halides is 3. The minimum atomic E-state index is -4.63. The number of halogens is 5. The second kappa shape index (κ2) is 16.2. The van der Waals surface area contributed by atoms with E-state index in [9.17, 15) is 31.5 Å². The summed E-state index contributed by atoms with van der Waals surface area (Å²) in [5.41, 5.74) is 0.881. The topological polar surface area (TPSA) is 54.8 Å². The Hall–Kier alpha value is -4.87. The normalized spacial score (nSPS) is 14.2. The highest BCUT2D eigenvalue weighted by Gasteiger charge is 2.35. The molecule has 0 atom stereocenters. The molecule has 0 aliphatic carbocycles. The van der Waals surface area contributed by atoms with Gasteiger partial charge in [-0.1, -0.05) is 66.7 Å². The molecule has 1 aliphatic rings. The smallest absolute Gasteiger partial charge is 0.383 e. The lowest BCUT2D eigenvalue weighted by Gasteiger charge is -2.39. The Morgan fingerprint density at radius 1 is 0.885 bits per heavy atom. The molecular weight excluding hydrogens is 677 g/mol. The minimum Gasteiger partial charge on any atom is -0.383 e. The Morgan fingerprint density at radius 2 is 1.62 bits per heavy atom. The van der Waals surface area contributed by atoms with Crippen LogP contribution < -0.4 is 5.43 Å². The predicted octanol–water partition coefficient (Wildman–Crippen LogP) is 7.89. The third-order valence-corrected chi connectivity index (χ3v) is 9.84. The van der Waals surface area contributed by atoms with Crippen molar-refractivity contribution in [2.45, 2.75) is 51.0 Å². The van der Waals surface area contributed by atoms with Crippen LogP contribution in [0, 0.1) is 11.6 Å². The molecule has 6 nitrogen and oxygen atoms in total. The monoisotopic (exact) mass is 717 g/mol. The molecule has 0 spiro atoms. The molecule has 1 saturated heterocycles. The molecular formula is C41H40F5N3O3. The van der Waals surface area contributed by atoms with Crippen molar-refractivity contribution >= 4 is 16.8 Å². The molecule has 0 unspecified atom stereocenters. The van der Waals surface area contributed by atoms with E-state index in [2.05, 4.69) is 4.90 Å². The van der Waals surface area contributed by atoms with Gasteiger partial charge in [-0.25, -0.2) is 8.78 Å². The van der Waals surface area contributed by atoms with Crippen molar-refractivity contribution in [2.75, 3.05) is 33.4 Å². The Kier molecular flexibility index (Phi) is 11.5. The molecule has 1 aliphatic heterocycles. The van der Waals surface area contributed by atoms with Crippen molar-refractivity contribution in [3.8, 4) is 11.1 Å². The van der Waals surface area contributed by atoms with Crippen molar-refractivity contribution in [3.05, 3.63) is 141 Å². The Bertz CT molecular complexity index is 2070. The van der Waals surface area contributed by atoms with Crippen molar-refractivity contribution in [3.63, 3.8) is 0 Å². The van der Waals surface area contributed by atoms with Crippen LogP contribution in [0.15, 0.2) is 102 Å². The number of carbonyl (C=O) groups excluding carboxylic acids is 1. The van der Waals surface area contributed by atoms with Gasteiger partial charge in [0.2, 0.25) is 5.91 Å². The number of methoxy groups -OCH3 is 1. The first-order valence-corrected chi connectivity index (χ1v) is 17.3. The fourth-order valence-electron chi connectivity index (χ4n) is 7.09. The third kappa shape index (κ3) is 8.43. The van der Waals surface area contributed by atoms with Crippen molar-refractivity contribution < 1.29 is 31.5 Å². The van der Waals surface area contributed by atoms with E-state index in [4.69, 9.17) is 4.74 Å². The number of aromatic nitrogens is 1. The van der Waals surface area contributed by atoms with Crippen LogP contribution in [0.3, 0.4) is 0 Å². The van der Waals surface area contributed by atoms with Gasteiger partial charge in [-0.3, -0.25) is 9.59 Å². The molecule has 5 aromatic rings. The van der Waals surface area contributed by atoms with Gasteiger partial charge in [0.15, 0.2) is 17.1 Å². The number of aryl methyl sites for hydroxylation is 2. The number of benzene rings is 4. The summed E-state index contributed by atoms with van der Waals surface area (Å²) in [6, 6.07) is 24.6. The number of hydrogen-bond acceptors (Lipinski definition) is 4. The van der Waals surface area contributed by atoms with E-state index < -0.39 is 23.4 Å². The number of hydrogen-bond donors (Lipinski definition) is 0. The maximum Gasteiger partial charge on any atom is 0.417 e. The number of ether oxygens (including phenoxy) is 1. The first kappa shape index (κ1) is 36.9. The van der Waals surface area contributed by atoms with E-state index >= 15 is 0 Å². The summed E-state index contributed by atoms with van der Waals surface area (Å²) in [6.07, 6.45) is -3.19. The van der Waals surface area contributed by atoms with Gasteiger partial charge in [-0.15, -0.1) is 0 Å². The first-order chi connectivity index (χ1) is 25.0. The zero-order chi connectivity index (χ0) is 36.8. The molecule has 1 aromatic heterocycles. The second-order valence-corrected chi connectivity index (χ2v) is 13.1. The van der Waals surface area contributed by atoms with Gasteiger partial charge in [0, 0.05) is 56.5 Å². The molecule has 272 valence electrons. The summed E-state index contributed by atoms with van der Waals surface area (Å²) in [6.45, 7) is 2.39. The summed E-state index contributed by atoms with van der Waals surface area (Å²) in [5.74, 6) is -2.27. The van der Waals surface area contributed by atoms with Crippen LogP contribution in [-0.4, -0.2) is 59.7 Å². The third-order valence-electron chi connectivity index (χ3n) is 9.84. The molecule has 52 heavy (non-hydrogen) atoms. The molecule has 6 rings (SSSR count). The minimum absolute atomic E-state index is 0.0539. The zero-order valence-electron chi connectivity index (χ0n) is 28.8. The number of pyridine rings is 1.